The molecule has 6 aromatic rings. The van der Waals surface area contributed by atoms with Crippen LogP contribution >= 0.6 is 12.0 Å². The normalized spacial score (nSPS) is 12.9. The van der Waals surface area contributed by atoms with Gasteiger partial charge >= 0.3 is 6.08 Å². The topological polar surface area (TPSA) is 469 Å². The molecule has 6 rings (SSSR count). The molecule has 1 atom stereocenters. The van der Waals surface area contributed by atoms with Crippen molar-refractivity contribution in [2.45, 2.75) is 37.4 Å². The van der Waals surface area contributed by atoms with Crippen LogP contribution in [0.1, 0.15) is 6.92 Å². The first kappa shape index (κ1) is 59.6. The summed E-state index contributed by atoms with van der Waals surface area (Å²) in [6, 6.07) is 10.2. The third-order valence-electron chi connectivity index (χ3n) is 10.1. The van der Waals surface area contributed by atoms with Gasteiger partial charge in [-0.15, -0.1) is 14.6 Å². The van der Waals surface area contributed by atoms with Crippen LogP contribution in [-0.4, -0.2) is 123 Å². The number of phenols is 1. The summed E-state index contributed by atoms with van der Waals surface area (Å²) in [6.07, 6.45) is -1.52. The maximum atomic E-state index is 15.1. The molecule has 0 saturated carbocycles. The summed E-state index contributed by atoms with van der Waals surface area (Å²) in [5, 5.41) is 42.8. The van der Waals surface area contributed by atoms with E-state index in [1.165, 1.54) is 19.2 Å². The fourth-order valence-corrected chi connectivity index (χ4v) is 10.3. The van der Waals surface area contributed by atoms with Gasteiger partial charge in [0.15, 0.2) is 21.4 Å². The second kappa shape index (κ2) is 23.6. The first-order chi connectivity index (χ1) is 36.3. The number of ketones is 1. The monoisotopic (exact) mass is 1200 g/mol. The summed E-state index contributed by atoms with van der Waals surface area (Å²) in [4.78, 5) is 34.6. The Morgan fingerprint density at radius 3 is 2.13 bits per heavy atom. The zero-order valence-corrected chi connectivity index (χ0v) is 43.9. The van der Waals surface area contributed by atoms with Crippen LogP contribution in [-0.2, 0) is 69.3 Å². The Kier molecular flexibility index (Phi) is 18.0. The number of aromatic hydroxyl groups is 1. The molecule has 1 amide bonds. The second-order valence-electron chi connectivity index (χ2n) is 15.2. The Morgan fingerprint density at radius 2 is 1.51 bits per heavy atom. The molecule has 0 aliphatic rings. The zero-order valence-electron chi connectivity index (χ0n) is 39.0. The highest BCUT2D eigenvalue weighted by Gasteiger charge is 2.30. The van der Waals surface area contributed by atoms with E-state index in [1.807, 2.05) is 0 Å². The van der Waals surface area contributed by atoms with E-state index in [1.54, 1.807) is 0 Å². The number of carbonyl (C=O) groups is 2. The van der Waals surface area contributed by atoms with E-state index >= 15 is 4.39 Å². The molecule has 0 aliphatic heterocycles. The minimum Gasteiger partial charge on any atom is -0.505 e. The lowest BCUT2D eigenvalue weighted by Gasteiger charge is -2.23. The van der Waals surface area contributed by atoms with E-state index in [0.29, 0.717) is 5.41 Å². The molecule has 0 aliphatic carbocycles. The van der Waals surface area contributed by atoms with Crippen LogP contribution in [0.25, 0.3) is 10.8 Å². The van der Waals surface area contributed by atoms with E-state index in [4.69, 9.17) is 9.99 Å². The molecular formula is C40H35FN10O21S6. The average Bonchev–Trinajstić information content (AvgIpc) is 3.46. The molecule has 0 fully saturated rings. The predicted octanol–water partition coefficient (Wildman–Crippen LogP) is 5.83. The van der Waals surface area contributed by atoms with Crippen molar-refractivity contribution in [2.24, 2.45) is 20.5 Å². The van der Waals surface area contributed by atoms with Crippen LogP contribution in [0.5, 0.6) is 11.5 Å². The third-order valence-corrected chi connectivity index (χ3v) is 15.6. The lowest BCUT2D eigenvalue weighted by molar-refractivity contribution is -0.432. The number of hydrogen-bond donors (Lipinski definition) is 8. The fraction of sp³-hybridized carbons (Fsp3) is 0.125. The van der Waals surface area contributed by atoms with Gasteiger partial charge in [-0.3, -0.25) is 27.8 Å². The van der Waals surface area contributed by atoms with Crippen molar-refractivity contribution in [1.82, 2.24) is 15.0 Å². The Bertz CT molecular complexity index is 4060. The molecule has 1 aromatic heterocycles. The fourth-order valence-electron chi connectivity index (χ4n) is 6.63. The lowest BCUT2D eigenvalue weighted by Crippen LogP contribution is -2.32. The maximum Gasteiger partial charge on any atom is 0.315 e. The van der Waals surface area contributed by atoms with Crippen molar-refractivity contribution in [1.29, 1.82) is 0 Å². The van der Waals surface area contributed by atoms with Crippen molar-refractivity contribution in [3.8, 4) is 11.5 Å². The first-order valence-electron chi connectivity index (χ1n) is 20.6. The largest absolute Gasteiger partial charge is 0.505 e. The molecule has 414 valence electrons. The summed E-state index contributed by atoms with van der Waals surface area (Å²) in [5.41, 5.74) is -3.24. The number of benzene rings is 5. The molecule has 0 spiro atoms. The SMILES string of the molecule is C=CS(=O)(=O)CCN(c1cccc(S(=O)(=O)O)c1)c1nc(F)nc(Nc2ccc(S(=O)(=O)O)c(N=NC(C(C)=O)C(=O)Nc3ccc4c(O)c(N=Nc5ccc(OC)cc5S(=O)(=O)O)c(SOOO)cc4c3S(=O)(=O)O)c2)n1. The van der Waals surface area contributed by atoms with Crippen LogP contribution in [0.4, 0.5) is 50.4 Å². The van der Waals surface area contributed by atoms with Gasteiger partial charge < -0.3 is 25.4 Å². The van der Waals surface area contributed by atoms with Crippen molar-refractivity contribution < 1.29 is 98.8 Å². The van der Waals surface area contributed by atoms with Crippen molar-refractivity contribution in [3.05, 3.63) is 96.9 Å². The Morgan fingerprint density at radius 1 is 0.808 bits per heavy atom. The third kappa shape index (κ3) is 14.5. The number of aromatic nitrogens is 3. The number of Topliss-reactive ketones (excluding diaryl/α,β-unsaturated/α-hetero) is 1. The molecule has 31 nitrogen and oxygen atoms in total. The zero-order chi connectivity index (χ0) is 57.7. The highest BCUT2D eigenvalue weighted by Crippen LogP contribution is 2.47. The van der Waals surface area contributed by atoms with E-state index in [0.717, 1.165) is 78.6 Å². The van der Waals surface area contributed by atoms with Crippen LogP contribution < -0.4 is 20.3 Å². The van der Waals surface area contributed by atoms with Gasteiger partial charge in [0.05, 0.1) is 40.4 Å². The van der Waals surface area contributed by atoms with Gasteiger partial charge in [0.2, 0.25) is 17.9 Å². The molecule has 0 bridgehead atoms. The molecule has 5 aromatic carbocycles. The number of halogens is 1. The van der Waals surface area contributed by atoms with Gasteiger partial charge in [0, 0.05) is 40.2 Å². The van der Waals surface area contributed by atoms with E-state index < -0.39 is 162 Å². The van der Waals surface area contributed by atoms with Gasteiger partial charge in [-0.05, 0) is 73.7 Å². The number of nitrogens with one attached hydrogen (secondary N) is 2. The van der Waals surface area contributed by atoms with Crippen molar-refractivity contribution >= 4 is 131 Å². The number of nitrogens with zero attached hydrogens (tertiary/aromatic N) is 8. The number of fused-ring (bicyclic) bond motifs is 1. The lowest BCUT2D eigenvalue weighted by atomic mass is 10.1. The quantitative estimate of drug-likeness (QED) is 0.00934. The van der Waals surface area contributed by atoms with E-state index in [9.17, 15) is 75.0 Å². The number of sulfone groups is 1. The van der Waals surface area contributed by atoms with Gasteiger partial charge in [-0.2, -0.15) is 63.2 Å². The molecule has 1 heterocycles. The summed E-state index contributed by atoms with van der Waals surface area (Å²) >= 11 is 0.0412. The molecular weight excluding hydrogens is 1170 g/mol. The Balaban J connectivity index is 1.37. The van der Waals surface area contributed by atoms with Crippen LogP contribution in [0.15, 0.2) is 136 Å². The van der Waals surface area contributed by atoms with Crippen LogP contribution in [0, 0.1) is 6.08 Å². The number of methoxy groups -OCH3 is 1. The molecule has 8 N–H and O–H groups in total. The number of phenolic OH excluding ortho intramolecular Hbond substituents is 1. The highest BCUT2D eigenvalue weighted by atomic mass is 32.2. The van der Waals surface area contributed by atoms with E-state index in [2.05, 4.69) is 62.0 Å². The number of carbonyl (C=O) groups excluding carboxylic acids is 2. The first-order valence-corrected chi connectivity index (χ1v) is 28.8. The Labute approximate surface area is 443 Å². The van der Waals surface area contributed by atoms with Crippen molar-refractivity contribution in [3.63, 3.8) is 0 Å². The smallest absolute Gasteiger partial charge is 0.315 e. The minimum absolute atomic E-state index is 0.0304. The number of ether oxygens (including phenoxy) is 1. The van der Waals surface area contributed by atoms with Gasteiger partial charge in [-0.25, -0.2) is 13.7 Å². The average molecular weight is 1200 g/mol. The summed E-state index contributed by atoms with van der Waals surface area (Å²) in [7, 11) is -23.3. The summed E-state index contributed by atoms with van der Waals surface area (Å²) < 4.78 is 188. The number of azo groups is 2. The second-order valence-corrected chi connectivity index (χ2v) is 23.6. The molecule has 0 saturated heterocycles. The highest BCUT2D eigenvalue weighted by molar-refractivity contribution is 7.95. The van der Waals surface area contributed by atoms with Crippen LogP contribution in [0.3, 0.4) is 0 Å². The Hall–Kier alpha value is -7.60. The molecule has 1 unspecified atom stereocenters. The minimum atomic E-state index is -5.51. The van der Waals surface area contributed by atoms with Crippen LogP contribution in [0.2, 0.25) is 0 Å². The predicted molar refractivity (Wildman–Crippen MR) is 267 cm³/mol. The summed E-state index contributed by atoms with van der Waals surface area (Å²) in [6.45, 7) is 3.43. The van der Waals surface area contributed by atoms with E-state index in [-0.39, 0.29) is 29.2 Å². The molecule has 0 radical (unpaired) electrons. The van der Waals surface area contributed by atoms with Gasteiger partial charge in [0.25, 0.3) is 46.4 Å². The molecule has 38 heteroatoms. The van der Waals surface area contributed by atoms with Crippen molar-refractivity contribution in [2.75, 3.05) is 34.9 Å². The number of amides is 1. The van der Waals surface area contributed by atoms with Gasteiger partial charge in [-0.1, -0.05) is 17.7 Å². The molecule has 78 heavy (non-hydrogen) atoms. The number of rotatable bonds is 23. The summed E-state index contributed by atoms with van der Waals surface area (Å²) in [5.74, 6) is -5.69. The standard InChI is InChI=1S/C40H35FN10O21S6/c1-4-74(56,57)15-14-51(22-6-5-7-24(17-22)75(58,59)60)40-45-38(41)44-39(46-40)42-21-8-13-31(76(61,62)63)29(16-21)48-49-33(20(2)52)37(54)43-28-12-10-25-26(36(28)78(67,68)69)19-30(73-72-71-55)34(35(25)53)50-47-27-11-9-23(70-3)18-32(27)77(64,65)66/h4-13,16-19,33,53,55H,1,14-15H2,2-3H3,(H,43,54)(H,58,59,60)(H,61,62,63)(H,64,65,66)(H,67,68,69)(H,42,44,45,46). The maximum absolute atomic E-state index is 15.1. The number of anilines is 5. The van der Waals surface area contributed by atoms with Gasteiger partial charge in [0.1, 0.15) is 37.5 Å². The number of hydrogen-bond acceptors (Lipinski definition) is 27.